The van der Waals surface area contributed by atoms with Crippen molar-refractivity contribution in [2.45, 2.75) is 69.2 Å². The van der Waals surface area contributed by atoms with Crippen LogP contribution in [0.2, 0.25) is 0 Å². The molecule has 0 saturated heterocycles. The van der Waals surface area contributed by atoms with E-state index in [9.17, 15) is 0 Å². The van der Waals surface area contributed by atoms with Crippen LogP contribution in [0.5, 0.6) is 0 Å². The van der Waals surface area contributed by atoms with Gasteiger partial charge in [0.15, 0.2) is 5.82 Å². The lowest BCUT2D eigenvalue weighted by Gasteiger charge is -2.53. The molecule has 6 rings (SSSR count). The van der Waals surface area contributed by atoms with Crippen LogP contribution in [-0.4, -0.2) is 10.1 Å². The predicted octanol–water partition coefficient (Wildman–Crippen LogP) is 3.76. The van der Waals surface area contributed by atoms with E-state index < -0.39 is 0 Å². The van der Waals surface area contributed by atoms with Gasteiger partial charge in [-0.25, -0.2) is 0 Å². The third-order valence-electron chi connectivity index (χ3n) is 6.89. The Morgan fingerprint density at radius 1 is 0.955 bits per heavy atom. The van der Waals surface area contributed by atoms with Crippen LogP contribution in [0.15, 0.2) is 4.52 Å². The van der Waals surface area contributed by atoms with Crippen molar-refractivity contribution >= 4 is 12.4 Å². The normalized spacial score (nSPS) is 41.6. The zero-order valence-electron chi connectivity index (χ0n) is 13.0. The third kappa shape index (κ3) is 2.14. The summed E-state index contributed by atoms with van der Waals surface area (Å²) in [6.07, 6.45) is 11.5. The molecule has 5 saturated carbocycles. The lowest BCUT2D eigenvalue weighted by atomic mass is 9.52. The van der Waals surface area contributed by atoms with Gasteiger partial charge in [-0.15, -0.1) is 12.4 Å². The second-order valence-electron chi connectivity index (χ2n) is 8.28. The molecule has 5 aliphatic carbocycles. The smallest absolute Gasteiger partial charge is 0.230 e. The molecule has 5 fully saturated rings. The summed E-state index contributed by atoms with van der Waals surface area (Å²) in [6.45, 7) is 0. The van der Waals surface area contributed by atoms with E-state index in [1.54, 1.807) is 0 Å². The highest BCUT2D eigenvalue weighted by Gasteiger charge is 2.51. The van der Waals surface area contributed by atoms with Crippen molar-refractivity contribution < 1.29 is 4.52 Å². The first-order chi connectivity index (χ1) is 10.2. The van der Waals surface area contributed by atoms with E-state index in [1.165, 1.54) is 44.9 Å². The first-order valence-electron chi connectivity index (χ1n) is 8.84. The molecule has 1 aromatic rings. The Kier molecular flexibility index (Phi) is 3.53. The Bertz CT molecular complexity index is 524. The summed E-state index contributed by atoms with van der Waals surface area (Å²) in [4.78, 5) is 4.81. The molecule has 0 amide bonds. The standard InChI is InChI=1S/C17H25N3O.ClH/c18-17(3-1-2-4-17)16-19-15(21-20-16)14-12-6-10-5-11(8-12)9-13(14)7-10;/h10-14H,1-9,18H2;1H. The minimum Gasteiger partial charge on any atom is -0.339 e. The van der Waals surface area contributed by atoms with Crippen LogP contribution < -0.4 is 5.73 Å². The fourth-order valence-corrected chi connectivity index (χ4v) is 6.13. The number of hydrogen-bond acceptors (Lipinski definition) is 4. The van der Waals surface area contributed by atoms with Gasteiger partial charge in [-0.2, -0.15) is 4.98 Å². The summed E-state index contributed by atoms with van der Waals surface area (Å²) in [7, 11) is 0. The SMILES string of the molecule is Cl.NC1(c2noc(C3C4CC5CC(C4)CC3C5)n2)CCCC1. The Labute approximate surface area is 138 Å². The largest absolute Gasteiger partial charge is 0.339 e. The summed E-state index contributed by atoms with van der Waals surface area (Å²) in [6, 6.07) is 0. The van der Waals surface area contributed by atoms with Crippen LogP contribution in [-0.2, 0) is 5.54 Å². The fraction of sp³-hybridized carbons (Fsp3) is 0.882. The van der Waals surface area contributed by atoms with E-state index in [4.69, 9.17) is 15.2 Å². The predicted molar refractivity (Wildman–Crippen MR) is 85.7 cm³/mol. The lowest BCUT2D eigenvalue weighted by Crippen LogP contribution is -2.44. The zero-order chi connectivity index (χ0) is 14.0. The molecule has 4 nitrogen and oxygen atoms in total. The molecule has 0 unspecified atom stereocenters. The molecule has 2 N–H and O–H groups in total. The highest BCUT2D eigenvalue weighted by Crippen LogP contribution is 2.59. The molecule has 5 aliphatic rings. The van der Waals surface area contributed by atoms with Crippen molar-refractivity contribution in [2.75, 3.05) is 0 Å². The topological polar surface area (TPSA) is 64.9 Å². The summed E-state index contributed by atoms with van der Waals surface area (Å²) in [5.41, 5.74) is 6.17. The molecule has 1 aromatic heterocycles. The molecule has 0 aromatic carbocycles. The van der Waals surface area contributed by atoms with E-state index >= 15 is 0 Å². The minimum absolute atomic E-state index is 0. The second-order valence-corrected chi connectivity index (χ2v) is 8.28. The zero-order valence-corrected chi connectivity index (χ0v) is 13.9. The number of aromatic nitrogens is 2. The van der Waals surface area contributed by atoms with Crippen molar-refractivity contribution in [1.29, 1.82) is 0 Å². The van der Waals surface area contributed by atoms with Gasteiger partial charge in [0.1, 0.15) is 0 Å². The maximum absolute atomic E-state index is 6.48. The highest BCUT2D eigenvalue weighted by atomic mass is 35.5. The van der Waals surface area contributed by atoms with Crippen molar-refractivity contribution in [3.8, 4) is 0 Å². The minimum atomic E-state index is -0.312. The van der Waals surface area contributed by atoms with Crippen molar-refractivity contribution in [3.05, 3.63) is 11.7 Å². The number of halogens is 1. The number of rotatable bonds is 2. The van der Waals surface area contributed by atoms with Gasteiger partial charge in [-0.05, 0) is 68.6 Å². The van der Waals surface area contributed by atoms with Crippen LogP contribution >= 0.6 is 12.4 Å². The number of hydrogen-bond donors (Lipinski definition) is 1. The maximum atomic E-state index is 6.48. The molecule has 0 atom stereocenters. The molecular formula is C17H26ClN3O. The maximum Gasteiger partial charge on any atom is 0.230 e. The molecule has 0 spiro atoms. The molecule has 0 radical (unpaired) electrons. The van der Waals surface area contributed by atoms with E-state index in [2.05, 4.69) is 5.16 Å². The first kappa shape index (κ1) is 14.9. The molecular weight excluding hydrogens is 298 g/mol. The number of nitrogens with zero attached hydrogens (tertiary/aromatic N) is 2. The fourth-order valence-electron chi connectivity index (χ4n) is 6.13. The van der Waals surface area contributed by atoms with Gasteiger partial charge in [0.05, 0.1) is 5.54 Å². The van der Waals surface area contributed by atoms with Gasteiger partial charge in [0, 0.05) is 5.92 Å². The monoisotopic (exact) mass is 323 g/mol. The average Bonchev–Trinajstić information content (AvgIpc) is 3.08. The van der Waals surface area contributed by atoms with Crippen LogP contribution in [0.4, 0.5) is 0 Å². The Morgan fingerprint density at radius 2 is 1.55 bits per heavy atom. The van der Waals surface area contributed by atoms with Crippen LogP contribution in [0.25, 0.3) is 0 Å². The molecule has 122 valence electrons. The lowest BCUT2D eigenvalue weighted by molar-refractivity contribution is -0.0131. The van der Waals surface area contributed by atoms with Gasteiger partial charge in [-0.3, -0.25) is 0 Å². The molecule has 5 heteroatoms. The molecule has 1 heterocycles. The molecule has 4 bridgehead atoms. The Hall–Kier alpha value is -0.610. The van der Waals surface area contributed by atoms with E-state index in [0.717, 1.165) is 48.2 Å². The van der Waals surface area contributed by atoms with Gasteiger partial charge in [0.2, 0.25) is 5.89 Å². The van der Waals surface area contributed by atoms with Gasteiger partial charge in [0.25, 0.3) is 0 Å². The van der Waals surface area contributed by atoms with Gasteiger partial charge < -0.3 is 10.3 Å². The van der Waals surface area contributed by atoms with Gasteiger partial charge in [-0.1, -0.05) is 18.0 Å². The van der Waals surface area contributed by atoms with Gasteiger partial charge >= 0.3 is 0 Å². The summed E-state index contributed by atoms with van der Waals surface area (Å²) >= 11 is 0. The molecule has 0 aliphatic heterocycles. The van der Waals surface area contributed by atoms with Crippen LogP contribution in [0.1, 0.15) is 75.4 Å². The van der Waals surface area contributed by atoms with Crippen molar-refractivity contribution in [3.63, 3.8) is 0 Å². The van der Waals surface area contributed by atoms with Crippen LogP contribution in [0, 0.1) is 23.7 Å². The Morgan fingerprint density at radius 3 is 2.14 bits per heavy atom. The van der Waals surface area contributed by atoms with E-state index in [1.807, 2.05) is 0 Å². The van der Waals surface area contributed by atoms with Crippen molar-refractivity contribution in [1.82, 2.24) is 10.1 Å². The second kappa shape index (κ2) is 5.20. The van der Waals surface area contributed by atoms with E-state index in [0.29, 0.717) is 5.92 Å². The summed E-state index contributed by atoms with van der Waals surface area (Å²) in [5.74, 6) is 5.80. The van der Waals surface area contributed by atoms with E-state index in [-0.39, 0.29) is 17.9 Å². The average molecular weight is 324 g/mol. The highest BCUT2D eigenvalue weighted by molar-refractivity contribution is 5.85. The molecule has 22 heavy (non-hydrogen) atoms. The van der Waals surface area contributed by atoms with Crippen molar-refractivity contribution in [2.24, 2.45) is 29.4 Å². The number of nitrogens with two attached hydrogens (primary N) is 1. The quantitative estimate of drug-likeness (QED) is 0.900. The van der Waals surface area contributed by atoms with Crippen LogP contribution in [0.3, 0.4) is 0 Å². The summed E-state index contributed by atoms with van der Waals surface area (Å²) in [5, 5.41) is 4.29. The summed E-state index contributed by atoms with van der Waals surface area (Å²) < 4.78 is 5.73. The first-order valence-corrected chi connectivity index (χ1v) is 8.84. The third-order valence-corrected chi connectivity index (χ3v) is 6.89. The Balaban J connectivity index is 0.00000125.